The molecule has 2 aromatic carbocycles. The molecule has 0 unspecified atom stereocenters. The van der Waals surface area contributed by atoms with Crippen LogP contribution in [0.3, 0.4) is 0 Å². The lowest BCUT2D eigenvalue weighted by molar-refractivity contribution is 0.573. The third-order valence-electron chi connectivity index (χ3n) is 3.84. The summed E-state index contributed by atoms with van der Waals surface area (Å²) < 4.78 is 7.70. The van der Waals surface area contributed by atoms with Crippen molar-refractivity contribution < 1.29 is 4.42 Å². The summed E-state index contributed by atoms with van der Waals surface area (Å²) in [4.78, 5) is 9.04. The van der Waals surface area contributed by atoms with E-state index in [1.165, 1.54) is 5.56 Å². The molecular weight excluding hydrogens is 330 g/mol. The molecule has 0 atom stereocenters. The Balaban J connectivity index is 1.48. The summed E-state index contributed by atoms with van der Waals surface area (Å²) in [6.07, 6.45) is 5.51. The lowest BCUT2D eigenvalue weighted by Crippen LogP contribution is -1.94. The number of aromatic nitrogens is 3. The van der Waals surface area contributed by atoms with Gasteiger partial charge in [0.15, 0.2) is 5.16 Å². The molecule has 0 saturated heterocycles. The molecule has 0 aliphatic heterocycles. The fourth-order valence-electron chi connectivity index (χ4n) is 2.52. The molecule has 2 heterocycles. The molecule has 2 aromatic heterocycles. The number of aryl methyl sites for hydroxylation is 1. The zero-order chi connectivity index (χ0) is 17.1. The van der Waals surface area contributed by atoms with Crippen LogP contribution in [0.25, 0.3) is 17.1 Å². The topological polar surface area (TPSA) is 43.9 Å². The highest BCUT2D eigenvalue weighted by molar-refractivity contribution is 7.98. The van der Waals surface area contributed by atoms with E-state index in [1.807, 2.05) is 42.7 Å². The summed E-state index contributed by atoms with van der Waals surface area (Å²) in [5.74, 6) is 1.36. The van der Waals surface area contributed by atoms with E-state index in [1.54, 1.807) is 18.0 Å². The van der Waals surface area contributed by atoms with Crippen molar-refractivity contribution in [3.63, 3.8) is 0 Å². The molecule has 0 spiro atoms. The molecule has 0 saturated carbocycles. The normalized spacial score (nSPS) is 10.9. The van der Waals surface area contributed by atoms with Gasteiger partial charge in [-0.1, -0.05) is 47.7 Å². The molecule has 4 nitrogen and oxygen atoms in total. The van der Waals surface area contributed by atoms with Crippen molar-refractivity contribution in [2.45, 2.75) is 17.8 Å². The highest BCUT2D eigenvalue weighted by Gasteiger charge is 2.10. The molecule has 0 aliphatic rings. The van der Waals surface area contributed by atoms with Gasteiger partial charge in [-0.25, -0.2) is 9.97 Å². The molecule has 5 heteroatoms. The van der Waals surface area contributed by atoms with Crippen molar-refractivity contribution in [2.24, 2.45) is 0 Å². The van der Waals surface area contributed by atoms with Gasteiger partial charge in [-0.2, -0.15) is 0 Å². The smallest absolute Gasteiger partial charge is 0.226 e. The Bertz CT molecular complexity index is 958. The minimum absolute atomic E-state index is 0.655. The number of hydrogen-bond donors (Lipinski definition) is 0. The second kappa shape index (κ2) is 6.99. The number of rotatable bonds is 5. The predicted molar refractivity (Wildman–Crippen MR) is 99.8 cm³/mol. The largest absolute Gasteiger partial charge is 0.444 e. The minimum atomic E-state index is 0.655. The molecule has 4 aromatic rings. The Hall–Kier alpha value is -2.79. The maximum atomic E-state index is 5.62. The molecular formula is C20H17N3OS. The van der Waals surface area contributed by atoms with Gasteiger partial charge < -0.3 is 4.42 Å². The van der Waals surface area contributed by atoms with E-state index >= 15 is 0 Å². The number of imidazole rings is 1. The summed E-state index contributed by atoms with van der Waals surface area (Å²) in [6, 6.07) is 18.4. The Labute approximate surface area is 150 Å². The van der Waals surface area contributed by atoms with Crippen LogP contribution in [0.5, 0.6) is 0 Å². The van der Waals surface area contributed by atoms with Gasteiger partial charge in [-0.3, -0.25) is 4.57 Å². The van der Waals surface area contributed by atoms with E-state index in [2.05, 4.69) is 45.7 Å². The second-order valence-electron chi connectivity index (χ2n) is 5.71. The SMILES string of the molecule is Cc1ccc(-c2nc(CSc3nccn3-c3ccccc3)co2)cc1. The van der Waals surface area contributed by atoms with Gasteiger partial charge in [-0.15, -0.1) is 0 Å². The van der Waals surface area contributed by atoms with Crippen molar-refractivity contribution in [3.05, 3.63) is 84.5 Å². The van der Waals surface area contributed by atoms with Crippen LogP contribution in [-0.4, -0.2) is 14.5 Å². The average Bonchev–Trinajstić information content (AvgIpc) is 3.31. The minimum Gasteiger partial charge on any atom is -0.444 e. The Morgan fingerprint density at radius 3 is 2.64 bits per heavy atom. The van der Waals surface area contributed by atoms with E-state index in [0.717, 1.165) is 22.1 Å². The summed E-state index contributed by atoms with van der Waals surface area (Å²) in [5, 5.41) is 0.936. The fourth-order valence-corrected chi connectivity index (χ4v) is 3.37. The van der Waals surface area contributed by atoms with Crippen LogP contribution < -0.4 is 0 Å². The first-order chi connectivity index (χ1) is 12.3. The van der Waals surface area contributed by atoms with Crippen LogP contribution in [0.15, 0.2) is 82.8 Å². The van der Waals surface area contributed by atoms with Gasteiger partial charge in [0.2, 0.25) is 5.89 Å². The Morgan fingerprint density at radius 1 is 1.04 bits per heavy atom. The predicted octanol–water partition coefficient (Wildman–Crippen LogP) is 5.13. The molecule has 0 bridgehead atoms. The maximum Gasteiger partial charge on any atom is 0.226 e. The van der Waals surface area contributed by atoms with Gasteiger partial charge >= 0.3 is 0 Å². The van der Waals surface area contributed by atoms with Crippen LogP contribution in [0.2, 0.25) is 0 Å². The second-order valence-corrected chi connectivity index (χ2v) is 6.66. The quantitative estimate of drug-likeness (QED) is 0.470. The van der Waals surface area contributed by atoms with Crippen molar-refractivity contribution in [3.8, 4) is 17.1 Å². The lowest BCUT2D eigenvalue weighted by atomic mass is 10.1. The first-order valence-corrected chi connectivity index (χ1v) is 9.01. The summed E-state index contributed by atoms with van der Waals surface area (Å²) in [7, 11) is 0. The van der Waals surface area contributed by atoms with E-state index in [4.69, 9.17) is 4.42 Å². The first-order valence-electron chi connectivity index (χ1n) is 8.02. The van der Waals surface area contributed by atoms with Crippen molar-refractivity contribution in [1.82, 2.24) is 14.5 Å². The van der Waals surface area contributed by atoms with Crippen molar-refractivity contribution in [1.29, 1.82) is 0 Å². The molecule has 0 amide bonds. The van der Waals surface area contributed by atoms with E-state index in [0.29, 0.717) is 11.6 Å². The Morgan fingerprint density at radius 2 is 1.84 bits per heavy atom. The van der Waals surface area contributed by atoms with Gasteiger partial charge in [0, 0.05) is 29.4 Å². The molecule has 0 aliphatic carbocycles. The molecule has 0 fully saturated rings. The number of hydrogen-bond acceptors (Lipinski definition) is 4. The summed E-state index contributed by atoms with van der Waals surface area (Å²) >= 11 is 1.64. The third-order valence-corrected chi connectivity index (χ3v) is 4.84. The Kier molecular flexibility index (Phi) is 4.39. The molecule has 124 valence electrons. The molecule has 4 rings (SSSR count). The monoisotopic (exact) mass is 347 g/mol. The molecule has 0 radical (unpaired) electrons. The number of thioether (sulfide) groups is 1. The van der Waals surface area contributed by atoms with Crippen LogP contribution >= 0.6 is 11.8 Å². The maximum absolute atomic E-state index is 5.62. The summed E-state index contributed by atoms with van der Waals surface area (Å²) in [5.41, 5.74) is 4.22. The van der Waals surface area contributed by atoms with Crippen LogP contribution in [-0.2, 0) is 5.75 Å². The van der Waals surface area contributed by atoms with Gasteiger partial charge in [0.1, 0.15) is 6.26 Å². The first kappa shape index (κ1) is 15.7. The summed E-state index contributed by atoms with van der Waals surface area (Å²) in [6.45, 7) is 2.07. The van der Waals surface area contributed by atoms with Crippen LogP contribution in [0, 0.1) is 6.92 Å². The number of oxazole rings is 1. The van der Waals surface area contributed by atoms with Crippen molar-refractivity contribution in [2.75, 3.05) is 0 Å². The highest BCUT2D eigenvalue weighted by Crippen LogP contribution is 2.26. The van der Waals surface area contributed by atoms with Gasteiger partial charge in [0.25, 0.3) is 0 Å². The van der Waals surface area contributed by atoms with E-state index in [-0.39, 0.29) is 0 Å². The number of nitrogens with zero attached hydrogens (tertiary/aromatic N) is 3. The van der Waals surface area contributed by atoms with E-state index < -0.39 is 0 Å². The zero-order valence-electron chi connectivity index (χ0n) is 13.8. The third kappa shape index (κ3) is 3.51. The van der Waals surface area contributed by atoms with E-state index in [9.17, 15) is 0 Å². The fraction of sp³-hybridized carbons (Fsp3) is 0.100. The van der Waals surface area contributed by atoms with Crippen molar-refractivity contribution >= 4 is 11.8 Å². The van der Waals surface area contributed by atoms with Gasteiger partial charge in [0.05, 0.1) is 5.69 Å². The number of benzene rings is 2. The molecule has 0 N–H and O–H groups in total. The zero-order valence-corrected chi connectivity index (χ0v) is 14.6. The standard InChI is InChI=1S/C20H17N3OS/c1-15-7-9-16(10-8-15)19-22-17(13-24-19)14-25-20-21-11-12-23(20)18-5-3-2-4-6-18/h2-13H,14H2,1H3. The van der Waals surface area contributed by atoms with Crippen LogP contribution in [0.1, 0.15) is 11.3 Å². The van der Waals surface area contributed by atoms with Gasteiger partial charge in [-0.05, 0) is 31.2 Å². The molecule has 25 heavy (non-hydrogen) atoms. The lowest BCUT2D eigenvalue weighted by Gasteiger charge is -2.06. The number of para-hydroxylation sites is 1. The average molecular weight is 347 g/mol. The highest BCUT2D eigenvalue weighted by atomic mass is 32.2. The van der Waals surface area contributed by atoms with Crippen LogP contribution in [0.4, 0.5) is 0 Å².